The fourth-order valence-electron chi connectivity index (χ4n) is 4.96. The average molecular weight is 470 g/mol. The van der Waals surface area contributed by atoms with Gasteiger partial charge in [0, 0.05) is 50.6 Å². The number of nitrogens with zero attached hydrogens (tertiary/aromatic N) is 5. The van der Waals surface area contributed by atoms with Gasteiger partial charge in [-0.15, -0.1) is 0 Å². The van der Waals surface area contributed by atoms with Crippen LogP contribution in [0.5, 0.6) is 5.75 Å². The molecule has 0 aromatic carbocycles. The number of hydrogen-bond donors (Lipinski definition) is 0. The van der Waals surface area contributed by atoms with E-state index in [1.54, 1.807) is 0 Å². The molecule has 0 saturated carbocycles. The zero-order valence-corrected chi connectivity index (χ0v) is 20.1. The van der Waals surface area contributed by atoms with Gasteiger partial charge in [0.25, 0.3) is 0 Å². The Morgan fingerprint density at radius 3 is 2.48 bits per heavy atom. The van der Waals surface area contributed by atoms with Crippen LogP contribution in [0.15, 0.2) is 30.7 Å². The highest BCUT2D eigenvalue weighted by molar-refractivity contribution is 7.88. The fraction of sp³-hybridized carbons (Fsp3) is 0.542. The van der Waals surface area contributed by atoms with E-state index >= 15 is 0 Å². The summed E-state index contributed by atoms with van der Waals surface area (Å²) >= 11 is 0. The van der Waals surface area contributed by atoms with Crippen molar-refractivity contribution in [3.05, 3.63) is 47.6 Å². The maximum Gasteiger partial charge on any atom is 0.225 e. The number of aromatic nitrogens is 3. The van der Waals surface area contributed by atoms with E-state index < -0.39 is 10.0 Å². The molecule has 3 aliphatic heterocycles. The second-order valence-electron chi connectivity index (χ2n) is 9.21. The molecule has 0 N–H and O–H groups in total. The number of ether oxygens (including phenoxy) is 1. The topological polar surface area (TPSA) is 88.5 Å². The highest BCUT2D eigenvalue weighted by Crippen LogP contribution is 2.37. The molecule has 2 aromatic rings. The molecule has 0 spiro atoms. The molecule has 33 heavy (non-hydrogen) atoms. The van der Waals surface area contributed by atoms with Gasteiger partial charge in [-0.3, -0.25) is 4.98 Å². The van der Waals surface area contributed by atoms with Gasteiger partial charge < -0.3 is 9.64 Å². The molecule has 0 amide bonds. The van der Waals surface area contributed by atoms with Crippen molar-refractivity contribution in [1.82, 2.24) is 19.3 Å². The molecule has 1 atom stereocenters. The van der Waals surface area contributed by atoms with Crippen molar-refractivity contribution in [3.63, 3.8) is 0 Å². The van der Waals surface area contributed by atoms with Crippen LogP contribution in [0.4, 0.5) is 5.95 Å². The van der Waals surface area contributed by atoms with Crippen molar-refractivity contribution >= 4 is 21.5 Å². The maximum absolute atomic E-state index is 11.8. The van der Waals surface area contributed by atoms with Crippen molar-refractivity contribution in [2.24, 2.45) is 5.92 Å². The lowest BCUT2D eigenvalue weighted by molar-refractivity contribution is 0.138. The lowest BCUT2D eigenvalue weighted by Crippen LogP contribution is -2.40. The summed E-state index contributed by atoms with van der Waals surface area (Å²) in [6.07, 6.45) is 13.8. The molecule has 8 nitrogen and oxygen atoms in total. The Kier molecular flexibility index (Phi) is 6.09. The van der Waals surface area contributed by atoms with Crippen molar-refractivity contribution in [2.75, 3.05) is 37.3 Å². The number of pyridine rings is 1. The zero-order valence-electron chi connectivity index (χ0n) is 19.3. The molecule has 0 radical (unpaired) electrons. The first-order valence-electron chi connectivity index (χ1n) is 11.8. The third-order valence-electron chi connectivity index (χ3n) is 7.07. The number of hydrogen-bond acceptors (Lipinski definition) is 7. The van der Waals surface area contributed by atoms with Gasteiger partial charge >= 0.3 is 0 Å². The Balaban J connectivity index is 1.19. The SMILES string of the molecule is CCc1cnc(N2CCC([C@H]3Cc4cc(C5=CCN(S(C)(=O)=O)CC5)ncc4O3)CC2)nc1. The molecule has 2 aromatic heterocycles. The molecule has 3 aliphatic rings. The van der Waals surface area contributed by atoms with Gasteiger partial charge in [0.1, 0.15) is 11.9 Å². The molecule has 5 rings (SSSR count). The first kappa shape index (κ1) is 22.3. The van der Waals surface area contributed by atoms with Crippen LogP contribution in [0, 0.1) is 5.92 Å². The second kappa shape index (κ2) is 9.02. The van der Waals surface area contributed by atoms with E-state index in [2.05, 4.69) is 32.8 Å². The summed E-state index contributed by atoms with van der Waals surface area (Å²) in [6, 6.07) is 2.13. The Bertz CT molecular complexity index is 1140. The quantitative estimate of drug-likeness (QED) is 0.665. The Hall–Kier alpha value is -2.52. The summed E-state index contributed by atoms with van der Waals surface area (Å²) in [7, 11) is -3.15. The zero-order chi connectivity index (χ0) is 23.0. The minimum absolute atomic E-state index is 0.184. The summed E-state index contributed by atoms with van der Waals surface area (Å²) in [4.78, 5) is 16.0. The van der Waals surface area contributed by atoms with E-state index in [4.69, 9.17) is 4.74 Å². The Labute approximate surface area is 195 Å². The Morgan fingerprint density at radius 2 is 1.85 bits per heavy atom. The largest absolute Gasteiger partial charge is 0.488 e. The number of fused-ring (bicyclic) bond motifs is 1. The summed E-state index contributed by atoms with van der Waals surface area (Å²) < 4.78 is 31.3. The van der Waals surface area contributed by atoms with Crippen LogP contribution in [0.1, 0.15) is 43.0 Å². The van der Waals surface area contributed by atoms with Crippen LogP contribution < -0.4 is 9.64 Å². The monoisotopic (exact) mass is 469 g/mol. The molecule has 1 saturated heterocycles. The number of rotatable bonds is 5. The lowest BCUT2D eigenvalue weighted by atomic mass is 9.89. The molecule has 0 aliphatic carbocycles. The molecule has 0 bridgehead atoms. The highest BCUT2D eigenvalue weighted by Gasteiger charge is 2.34. The van der Waals surface area contributed by atoms with Crippen LogP contribution in [0.3, 0.4) is 0 Å². The van der Waals surface area contributed by atoms with E-state index in [9.17, 15) is 8.42 Å². The van der Waals surface area contributed by atoms with Crippen LogP contribution in [-0.4, -0.2) is 66.2 Å². The van der Waals surface area contributed by atoms with Crippen molar-refractivity contribution < 1.29 is 13.2 Å². The summed E-state index contributed by atoms with van der Waals surface area (Å²) in [5, 5.41) is 0. The van der Waals surface area contributed by atoms with Crippen LogP contribution in [0.2, 0.25) is 0 Å². The van der Waals surface area contributed by atoms with Crippen LogP contribution >= 0.6 is 0 Å². The van der Waals surface area contributed by atoms with Gasteiger partial charge in [-0.1, -0.05) is 13.0 Å². The van der Waals surface area contributed by atoms with Gasteiger partial charge in [-0.25, -0.2) is 18.4 Å². The normalized spacial score (nSPS) is 22.1. The maximum atomic E-state index is 11.8. The minimum atomic E-state index is -3.15. The fourth-order valence-corrected chi connectivity index (χ4v) is 5.73. The summed E-state index contributed by atoms with van der Waals surface area (Å²) in [5.74, 6) is 2.22. The summed E-state index contributed by atoms with van der Waals surface area (Å²) in [5.41, 5.74) is 4.42. The minimum Gasteiger partial charge on any atom is -0.488 e. The predicted octanol–water partition coefficient (Wildman–Crippen LogP) is 2.70. The average Bonchev–Trinajstić information content (AvgIpc) is 3.27. The Morgan fingerprint density at radius 1 is 1.09 bits per heavy atom. The lowest BCUT2D eigenvalue weighted by Gasteiger charge is -2.34. The molecule has 1 fully saturated rings. The molecule has 0 unspecified atom stereocenters. The van der Waals surface area contributed by atoms with Crippen LogP contribution in [-0.2, 0) is 22.9 Å². The standard InChI is InChI=1S/C24H31N5O3S/c1-3-17-14-26-24(27-15-17)28-8-4-19(5-9-28)22-13-20-12-21(25-16-23(20)32-22)18-6-10-29(11-7-18)33(2,30)31/h6,12,14-16,19,22H,3-5,7-11,13H2,1-2H3/t22-/m1/s1. The molecular formula is C24H31N5O3S. The van der Waals surface area contributed by atoms with E-state index in [0.717, 1.165) is 67.3 Å². The third kappa shape index (κ3) is 4.75. The van der Waals surface area contributed by atoms with Crippen LogP contribution in [0.25, 0.3) is 5.57 Å². The summed E-state index contributed by atoms with van der Waals surface area (Å²) in [6.45, 7) is 4.92. The smallest absolute Gasteiger partial charge is 0.225 e. The van der Waals surface area contributed by atoms with E-state index in [1.165, 1.54) is 16.1 Å². The van der Waals surface area contributed by atoms with Gasteiger partial charge in [0.2, 0.25) is 16.0 Å². The molecule has 5 heterocycles. The molecular weight excluding hydrogens is 438 g/mol. The van der Waals surface area contributed by atoms with E-state index in [0.29, 0.717) is 25.4 Å². The number of anilines is 1. The first-order chi connectivity index (χ1) is 15.9. The number of aryl methyl sites for hydroxylation is 1. The highest BCUT2D eigenvalue weighted by atomic mass is 32.2. The van der Waals surface area contributed by atoms with Gasteiger partial charge in [0.05, 0.1) is 18.1 Å². The number of piperidine rings is 1. The predicted molar refractivity (Wildman–Crippen MR) is 128 cm³/mol. The van der Waals surface area contributed by atoms with Gasteiger partial charge in [-0.05, 0) is 48.8 Å². The van der Waals surface area contributed by atoms with Gasteiger partial charge in [0.15, 0.2) is 0 Å². The van der Waals surface area contributed by atoms with Crippen molar-refractivity contribution in [3.8, 4) is 5.75 Å². The molecule has 9 heteroatoms. The first-order valence-corrected chi connectivity index (χ1v) is 13.6. The third-order valence-corrected chi connectivity index (χ3v) is 8.34. The van der Waals surface area contributed by atoms with Gasteiger partial charge in [-0.2, -0.15) is 4.31 Å². The van der Waals surface area contributed by atoms with E-state index in [1.807, 2.05) is 24.7 Å². The molecule has 176 valence electrons. The number of sulfonamides is 1. The van der Waals surface area contributed by atoms with Crippen molar-refractivity contribution in [1.29, 1.82) is 0 Å². The second-order valence-corrected chi connectivity index (χ2v) is 11.2. The van der Waals surface area contributed by atoms with Crippen molar-refractivity contribution in [2.45, 2.75) is 45.1 Å². The van der Waals surface area contributed by atoms with E-state index in [-0.39, 0.29) is 6.10 Å².